The molecular weight excluding hydrogens is 251 g/mol. The van der Waals surface area contributed by atoms with Crippen molar-refractivity contribution in [3.63, 3.8) is 0 Å². The van der Waals surface area contributed by atoms with Crippen molar-refractivity contribution in [1.29, 1.82) is 0 Å². The summed E-state index contributed by atoms with van der Waals surface area (Å²) < 4.78 is 13.9. The average Bonchev–Trinajstić information content (AvgIpc) is 2.87. The number of benzene rings is 1. The number of aryl methyl sites for hydroxylation is 1. The normalized spacial score (nSPS) is 18.3. The standard InChI is InChI=1S/C10H10BrFO2/c1-5-4-6(10(14)2-3-10)8(12)9(13)7(5)11/h4,13-14H,2-3H2,1H3. The number of aromatic hydroxyl groups is 1. The summed E-state index contributed by atoms with van der Waals surface area (Å²) in [5.74, 6) is -1.14. The van der Waals surface area contributed by atoms with Crippen LogP contribution < -0.4 is 0 Å². The number of phenols is 1. The monoisotopic (exact) mass is 260 g/mol. The Hall–Kier alpha value is -0.610. The largest absolute Gasteiger partial charge is 0.504 e. The molecule has 1 aromatic carbocycles. The molecule has 76 valence electrons. The SMILES string of the molecule is Cc1cc(C2(O)CC2)c(F)c(O)c1Br. The molecule has 2 N–H and O–H groups in total. The van der Waals surface area contributed by atoms with Crippen LogP contribution in [0.1, 0.15) is 24.0 Å². The first-order valence-corrected chi connectivity index (χ1v) is 5.15. The van der Waals surface area contributed by atoms with Crippen LogP contribution in [0.25, 0.3) is 0 Å². The van der Waals surface area contributed by atoms with E-state index >= 15 is 0 Å². The lowest BCUT2D eigenvalue weighted by Gasteiger charge is -2.13. The Labute approximate surface area is 89.5 Å². The molecule has 14 heavy (non-hydrogen) atoms. The Morgan fingerprint density at radius 3 is 2.57 bits per heavy atom. The van der Waals surface area contributed by atoms with Crippen LogP contribution in [-0.4, -0.2) is 10.2 Å². The van der Waals surface area contributed by atoms with Crippen LogP contribution in [0.15, 0.2) is 10.5 Å². The van der Waals surface area contributed by atoms with Crippen molar-refractivity contribution in [3.05, 3.63) is 27.5 Å². The van der Waals surface area contributed by atoms with Crippen LogP contribution in [0.2, 0.25) is 0 Å². The lowest BCUT2D eigenvalue weighted by Crippen LogP contribution is -2.08. The molecule has 0 amide bonds. The topological polar surface area (TPSA) is 40.5 Å². The highest BCUT2D eigenvalue weighted by molar-refractivity contribution is 9.10. The predicted octanol–water partition coefficient (Wildman–Crippen LogP) is 2.58. The molecule has 0 heterocycles. The van der Waals surface area contributed by atoms with Crippen molar-refractivity contribution < 1.29 is 14.6 Å². The zero-order chi connectivity index (χ0) is 10.5. The number of hydrogen-bond donors (Lipinski definition) is 2. The molecule has 1 fully saturated rings. The molecule has 0 radical (unpaired) electrons. The number of hydrogen-bond acceptors (Lipinski definition) is 2. The van der Waals surface area contributed by atoms with E-state index in [1.165, 1.54) is 0 Å². The van der Waals surface area contributed by atoms with Gasteiger partial charge in [0.15, 0.2) is 11.6 Å². The van der Waals surface area contributed by atoms with E-state index in [1.54, 1.807) is 13.0 Å². The van der Waals surface area contributed by atoms with Gasteiger partial charge >= 0.3 is 0 Å². The summed E-state index contributed by atoms with van der Waals surface area (Å²) >= 11 is 3.08. The van der Waals surface area contributed by atoms with Gasteiger partial charge in [0.2, 0.25) is 0 Å². The zero-order valence-corrected chi connectivity index (χ0v) is 9.23. The molecule has 1 aliphatic rings. The maximum Gasteiger partial charge on any atom is 0.172 e. The van der Waals surface area contributed by atoms with Crippen molar-refractivity contribution >= 4 is 15.9 Å². The number of phenolic OH excluding ortho intramolecular Hbond substituents is 1. The summed E-state index contributed by atoms with van der Waals surface area (Å²) in [6.07, 6.45) is 1.12. The second kappa shape index (κ2) is 2.94. The minimum Gasteiger partial charge on any atom is -0.504 e. The lowest BCUT2D eigenvalue weighted by molar-refractivity contribution is 0.145. The molecule has 0 saturated heterocycles. The van der Waals surface area contributed by atoms with E-state index in [0.29, 0.717) is 17.3 Å². The molecular formula is C10H10BrFO2. The van der Waals surface area contributed by atoms with Gasteiger partial charge in [-0.05, 0) is 47.3 Å². The van der Waals surface area contributed by atoms with Gasteiger partial charge < -0.3 is 10.2 Å². The van der Waals surface area contributed by atoms with E-state index < -0.39 is 17.2 Å². The van der Waals surface area contributed by atoms with Gasteiger partial charge in [-0.3, -0.25) is 0 Å². The molecule has 1 aromatic rings. The Morgan fingerprint density at radius 2 is 2.07 bits per heavy atom. The van der Waals surface area contributed by atoms with Crippen LogP contribution in [0, 0.1) is 12.7 Å². The fourth-order valence-corrected chi connectivity index (χ4v) is 1.77. The molecule has 0 aromatic heterocycles. The first kappa shape index (κ1) is 9.93. The molecule has 4 heteroatoms. The first-order valence-electron chi connectivity index (χ1n) is 4.36. The van der Waals surface area contributed by atoms with Gasteiger partial charge in [0.05, 0.1) is 10.1 Å². The van der Waals surface area contributed by atoms with Crippen LogP contribution in [0.5, 0.6) is 5.75 Å². The van der Waals surface area contributed by atoms with E-state index in [9.17, 15) is 14.6 Å². The quantitative estimate of drug-likeness (QED) is 0.815. The fraction of sp³-hybridized carbons (Fsp3) is 0.400. The third kappa shape index (κ3) is 1.33. The van der Waals surface area contributed by atoms with Crippen molar-refractivity contribution in [2.45, 2.75) is 25.4 Å². The molecule has 0 unspecified atom stereocenters. The third-order valence-electron chi connectivity index (χ3n) is 2.58. The number of aliphatic hydroxyl groups is 1. The van der Waals surface area contributed by atoms with E-state index in [1.807, 2.05) is 0 Å². The van der Waals surface area contributed by atoms with Gasteiger partial charge in [-0.2, -0.15) is 0 Å². The highest BCUT2D eigenvalue weighted by Crippen LogP contribution is 2.49. The molecule has 0 atom stereocenters. The Morgan fingerprint density at radius 1 is 1.50 bits per heavy atom. The summed E-state index contributed by atoms with van der Waals surface area (Å²) in [4.78, 5) is 0. The Balaban J connectivity index is 2.62. The van der Waals surface area contributed by atoms with E-state index in [4.69, 9.17) is 0 Å². The van der Waals surface area contributed by atoms with Gasteiger partial charge in [0, 0.05) is 5.56 Å². The highest BCUT2D eigenvalue weighted by Gasteiger charge is 2.45. The summed E-state index contributed by atoms with van der Waals surface area (Å²) in [6.45, 7) is 1.75. The molecule has 0 spiro atoms. The Kier molecular flexibility index (Phi) is 2.08. The van der Waals surface area contributed by atoms with Crippen LogP contribution >= 0.6 is 15.9 Å². The second-order valence-electron chi connectivity index (χ2n) is 3.75. The molecule has 0 bridgehead atoms. The van der Waals surface area contributed by atoms with Gasteiger partial charge in [-0.1, -0.05) is 0 Å². The van der Waals surface area contributed by atoms with E-state index in [2.05, 4.69) is 15.9 Å². The average molecular weight is 261 g/mol. The van der Waals surface area contributed by atoms with Crippen LogP contribution in [0.4, 0.5) is 4.39 Å². The summed E-state index contributed by atoms with van der Waals surface area (Å²) in [7, 11) is 0. The second-order valence-corrected chi connectivity index (χ2v) is 4.54. The molecule has 2 nitrogen and oxygen atoms in total. The predicted molar refractivity (Wildman–Crippen MR) is 53.6 cm³/mol. The Bertz CT molecular complexity index is 400. The number of halogens is 2. The molecule has 1 saturated carbocycles. The summed E-state index contributed by atoms with van der Waals surface area (Å²) in [6, 6.07) is 1.58. The third-order valence-corrected chi connectivity index (χ3v) is 3.59. The van der Waals surface area contributed by atoms with Gasteiger partial charge in [-0.15, -0.1) is 0 Å². The van der Waals surface area contributed by atoms with Gasteiger partial charge in [-0.25, -0.2) is 4.39 Å². The van der Waals surface area contributed by atoms with Crippen LogP contribution in [0.3, 0.4) is 0 Å². The molecule has 2 rings (SSSR count). The van der Waals surface area contributed by atoms with E-state index in [0.717, 1.165) is 5.56 Å². The maximum absolute atomic E-state index is 13.5. The summed E-state index contributed by atoms with van der Waals surface area (Å²) in [5.41, 5.74) is -0.123. The van der Waals surface area contributed by atoms with Crippen molar-refractivity contribution in [3.8, 4) is 5.75 Å². The van der Waals surface area contributed by atoms with Gasteiger partial charge in [0.25, 0.3) is 0 Å². The molecule has 0 aliphatic heterocycles. The lowest BCUT2D eigenvalue weighted by atomic mass is 10.0. The highest BCUT2D eigenvalue weighted by atomic mass is 79.9. The number of rotatable bonds is 1. The minimum absolute atomic E-state index is 0.204. The minimum atomic E-state index is -1.05. The van der Waals surface area contributed by atoms with E-state index in [-0.39, 0.29) is 5.56 Å². The summed E-state index contributed by atoms with van der Waals surface area (Å²) in [5, 5.41) is 19.2. The van der Waals surface area contributed by atoms with Gasteiger partial charge in [0.1, 0.15) is 0 Å². The molecule has 1 aliphatic carbocycles. The zero-order valence-electron chi connectivity index (χ0n) is 7.64. The fourth-order valence-electron chi connectivity index (χ4n) is 1.48. The van der Waals surface area contributed by atoms with Crippen LogP contribution in [-0.2, 0) is 5.60 Å². The van der Waals surface area contributed by atoms with Crippen molar-refractivity contribution in [1.82, 2.24) is 0 Å². The van der Waals surface area contributed by atoms with Crippen molar-refractivity contribution in [2.24, 2.45) is 0 Å². The first-order chi connectivity index (χ1) is 6.46. The van der Waals surface area contributed by atoms with Crippen molar-refractivity contribution in [2.75, 3.05) is 0 Å². The smallest absolute Gasteiger partial charge is 0.172 e. The maximum atomic E-state index is 13.5.